The average Bonchev–Trinajstić information content (AvgIpc) is 4.12. The van der Waals surface area contributed by atoms with Crippen LogP contribution < -0.4 is 10.7 Å². The second-order valence-corrected chi connectivity index (χ2v) is 13.3. The summed E-state index contributed by atoms with van der Waals surface area (Å²) >= 11 is 0. The minimum atomic E-state index is 0.547. The van der Waals surface area contributed by atoms with Crippen molar-refractivity contribution in [3.05, 3.63) is 225 Å². The highest BCUT2D eigenvalue weighted by Crippen LogP contribution is 2.33. The van der Waals surface area contributed by atoms with E-state index in [1.54, 1.807) is 36.4 Å². The van der Waals surface area contributed by atoms with Gasteiger partial charge < -0.3 is 9.97 Å². The molecule has 2 aliphatic rings. The van der Waals surface area contributed by atoms with Gasteiger partial charge in [-0.15, -0.1) is 0 Å². The van der Waals surface area contributed by atoms with Crippen molar-refractivity contribution in [3.63, 3.8) is 0 Å². The first kappa shape index (κ1) is 35.5. The number of H-pyrrole nitrogens is 2. The van der Waals surface area contributed by atoms with Gasteiger partial charge in [-0.25, -0.2) is 4.99 Å². The Morgan fingerprint density at radius 1 is 0.474 bits per heavy atom. The van der Waals surface area contributed by atoms with E-state index in [4.69, 9.17) is 9.98 Å². The molecule has 8 nitrogen and oxygen atoms in total. The maximum atomic E-state index is 9.60. The molecule has 0 aliphatic carbocycles. The molecule has 6 aromatic rings. The number of nitriles is 4. The second-order valence-electron chi connectivity index (χ2n) is 13.3. The van der Waals surface area contributed by atoms with Crippen LogP contribution in [0.4, 0.5) is 0 Å². The number of aromatic nitrogens is 2. The van der Waals surface area contributed by atoms with Gasteiger partial charge in [0.25, 0.3) is 0 Å². The Labute approximate surface area is 329 Å². The zero-order valence-electron chi connectivity index (χ0n) is 30.5. The Morgan fingerprint density at radius 2 is 0.930 bits per heavy atom. The molecule has 266 valence electrons. The van der Waals surface area contributed by atoms with E-state index in [1.165, 1.54) is 0 Å². The minimum Gasteiger partial charge on any atom is -0.354 e. The van der Waals surface area contributed by atoms with Crippen LogP contribution in [0.1, 0.15) is 55.9 Å². The normalized spacial score (nSPS) is 14.7. The van der Waals surface area contributed by atoms with E-state index in [-0.39, 0.29) is 0 Å². The number of nitrogens with zero attached hydrogens (tertiary/aromatic N) is 6. The van der Waals surface area contributed by atoms with Crippen molar-refractivity contribution in [2.24, 2.45) is 9.98 Å². The van der Waals surface area contributed by atoms with Gasteiger partial charge in [0.05, 0.1) is 70.2 Å². The smallest absolute Gasteiger partial charge is 0.0991 e. The van der Waals surface area contributed by atoms with Gasteiger partial charge in [-0.3, -0.25) is 4.99 Å². The van der Waals surface area contributed by atoms with Crippen LogP contribution in [-0.4, -0.2) is 27.9 Å². The van der Waals surface area contributed by atoms with Gasteiger partial charge in [0.1, 0.15) is 0 Å². The van der Waals surface area contributed by atoms with Crippen LogP contribution in [0.15, 0.2) is 168 Å². The SMILES string of the molecule is C=C(C1=N/C(=C(/c2ccc(C#N)cc2)c2ccc(/C(c3ccc(C#N)cc3)=c3/cc/c(=C(/C4=NCC=C4)c4ccc(C#N)cc4)[nH]3)[nH]2)C=C1)c1ccc(C#N)cc1. The molecule has 0 amide bonds. The summed E-state index contributed by atoms with van der Waals surface area (Å²) in [5, 5.41) is 39.5. The van der Waals surface area contributed by atoms with Gasteiger partial charge >= 0.3 is 0 Å². The van der Waals surface area contributed by atoms with Gasteiger partial charge in [0, 0.05) is 44.4 Å². The Hall–Kier alpha value is -8.56. The number of hydrogen-bond acceptors (Lipinski definition) is 6. The number of allylic oxidation sites excluding steroid dienone is 4. The van der Waals surface area contributed by atoms with E-state index in [2.05, 4.69) is 40.8 Å². The van der Waals surface area contributed by atoms with Gasteiger partial charge in [-0.05, 0) is 113 Å². The van der Waals surface area contributed by atoms with Gasteiger partial charge in [0.15, 0.2) is 0 Å². The van der Waals surface area contributed by atoms with Gasteiger partial charge in [-0.1, -0.05) is 61.2 Å². The van der Waals surface area contributed by atoms with Crippen LogP contribution in [0.5, 0.6) is 0 Å². The van der Waals surface area contributed by atoms with Crippen molar-refractivity contribution >= 4 is 33.7 Å². The first-order valence-corrected chi connectivity index (χ1v) is 18.0. The molecule has 57 heavy (non-hydrogen) atoms. The first-order chi connectivity index (χ1) is 28.0. The van der Waals surface area contributed by atoms with Crippen LogP contribution in [0.3, 0.4) is 0 Å². The largest absolute Gasteiger partial charge is 0.354 e. The van der Waals surface area contributed by atoms with Gasteiger partial charge in [0.2, 0.25) is 0 Å². The lowest BCUT2D eigenvalue weighted by Crippen LogP contribution is -2.19. The van der Waals surface area contributed by atoms with Crippen molar-refractivity contribution in [2.45, 2.75) is 0 Å². The lowest BCUT2D eigenvalue weighted by molar-refractivity contribution is 1.22. The van der Waals surface area contributed by atoms with Crippen molar-refractivity contribution in [2.75, 3.05) is 6.54 Å². The van der Waals surface area contributed by atoms with Crippen LogP contribution in [-0.2, 0) is 0 Å². The average molecular weight is 731 g/mol. The summed E-state index contributed by atoms with van der Waals surface area (Å²) in [5.41, 5.74) is 13.0. The molecule has 2 aliphatic heterocycles. The van der Waals surface area contributed by atoms with Crippen molar-refractivity contribution in [3.8, 4) is 24.3 Å². The highest BCUT2D eigenvalue weighted by molar-refractivity contribution is 6.30. The predicted octanol–water partition coefficient (Wildman–Crippen LogP) is 7.77. The van der Waals surface area contributed by atoms with Gasteiger partial charge in [-0.2, -0.15) is 21.0 Å². The Bertz CT molecular complexity index is 3040. The van der Waals surface area contributed by atoms with Crippen LogP contribution >= 0.6 is 0 Å². The maximum Gasteiger partial charge on any atom is 0.0991 e. The summed E-state index contributed by atoms with van der Waals surface area (Å²) in [6, 6.07) is 46.6. The van der Waals surface area contributed by atoms with E-state index < -0.39 is 0 Å². The van der Waals surface area contributed by atoms with E-state index in [0.717, 1.165) is 72.3 Å². The number of nitrogens with one attached hydrogen (secondary N) is 2. The monoisotopic (exact) mass is 730 g/mol. The summed E-state index contributed by atoms with van der Waals surface area (Å²) in [7, 11) is 0. The fourth-order valence-corrected chi connectivity index (χ4v) is 6.94. The minimum absolute atomic E-state index is 0.547. The van der Waals surface area contributed by atoms with Crippen LogP contribution in [0, 0.1) is 45.3 Å². The first-order valence-electron chi connectivity index (χ1n) is 18.0. The molecule has 0 bridgehead atoms. The third-order valence-electron chi connectivity index (χ3n) is 9.82. The Morgan fingerprint density at radius 3 is 1.42 bits per heavy atom. The molecule has 8 rings (SSSR count). The summed E-state index contributed by atoms with van der Waals surface area (Å²) in [6.07, 6.45) is 7.93. The molecule has 0 radical (unpaired) electrons. The molecule has 0 saturated carbocycles. The molecular formula is C49H30N8. The molecule has 0 fully saturated rings. The molecule has 2 aromatic heterocycles. The fourth-order valence-electron chi connectivity index (χ4n) is 6.94. The number of benzene rings is 4. The summed E-state index contributed by atoms with van der Waals surface area (Å²) in [4.78, 5) is 17.2. The third-order valence-corrected chi connectivity index (χ3v) is 9.82. The Kier molecular flexibility index (Phi) is 9.60. The third kappa shape index (κ3) is 7.10. The fraction of sp³-hybridized carbons (Fsp3) is 0.0204. The molecule has 0 saturated heterocycles. The topological polar surface area (TPSA) is 151 Å². The highest BCUT2D eigenvalue weighted by Gasteiger charge is 2.20. The van der Waals surface area contributed by atoms with E-state index in [9.17, 15) is 21.0 Å². The number of rotatable bonds is 8. The lowest BCUT2D eigenvalue weighted by atomic mass is 9.99. The number of hydrogen-bond donors (Lipinski definition) is 2. The zero-order chi connectivity index (χ0) is 39.3. The Balaban J connectivity index is 1.30. The van der Waals surface area contributed by atoms with Crippen LogP contribution in [0.2, 0.25) is 0 Å². The summed E-state index contributed by atoms with van der Waals surface area (Å²) in [5.74, 6) is 0. The maximum absolute atomic E-state index is 9.60. The predicted molar refractivity (Wildman–Crippen MR) is 223 cm³/mol. The molecule has 0 unspecified atom stereocenters. The van der Waals surface area contributed by atoms with Crippen molar-refractivity contribution < 1.29 is 0 Å². The molecule has 0 atom stereocenters. The van der Waals surface area contributed by atoms with Crippen molar-refractivity contribution in [1.29, 1.82) is 21.0 Å². The number of aromatic amines is 2. The highest BCUT2D eigenvalue weighted by atomic mass is 14.8. The summed E-state index contributed by atoms with van der Waals surface area (Å²) < 4.78 is 0. The standard InChI is InChI=1S/C49H30N8/c1-31(36-12-4-32(27-50)5-13-36)40-20-21-43(55-40)48(38-16-8-34(29-52)9-17-38)44-24-25-46(57-44)49(39-18-10-35(30-53)11-19-39)45-23-22-42(56-45)47(41-3-2-26-54-41)37-14-6-33(28-51)7-15-37/h2-25,56-57H,1,26H2/b47-42-,48-43-,49-45-. The summed E-state index contributed by atoms with van der Waals surface area (Å²) in [6.45, 7) is 4.91. The zero-order valence-corrected chi connectivity index (χ0v) is 30.5. The molecule has 8 heteroatoms. The molecule has 4 aromatic carbocycles. The van der Waals surface area contributed by atoms with E-state index in [0.29, 0.717) is 40.2 Å². The van der Waals surface area contributed by atoms with Crippen molar-refractivity contribution in [1.82, 2.24) is 9.97 Å². The molecule has 4 heterocycles. The second kappa shape index (κ2) is 15.4. The lowest BCUT2D eigenvalue weighted by Gasteiger charge is -2.10. The molecule has 2 N–H and O–H groups in total. The quantitative estimate of drug-likeness (QED) is 0.164. The molecular weight excluding hydrogens is 701 g/mol. The molecule has 0 spiro atoms. The van der Waals surface area contributed by atoms with E-state index in [1.807, 2.05) is 109 Å². The van der Waals surface area contributed by atoms with E-state index >= 15 is 0 Å². The number of aliphatic imine (C=N–C) groups is 2. The van der Waals surface area contributed by atoms with Crippen LogP contribution in [0.25, 0.3) is 22.3 Å².